The number of hydrogen-bond donors (Lipinski definition) is 1. The van der Waals surface area contributed by atoms with Crippen molar-refractivity contribution < 1.29 is 14.2 Å². The van der Waals surface area contributed by atoms with Crippen LogP contribution in [0.3, 0.4) is 0 Å². The van der Waals surface area contributed by atoms with Crippen LogP contribution < -0.4 is 19.5 Å². The summed E-state index contributed by atoms with van der Waals surface area (Å²) in [6.07, 6.45) is 1.10. The summed E-state index contributed by atoms with van der Waals surface area (Å²) in [5.74, 6) is 2.81. The highest BCUT2D eigenvalue weighted by atomic mass is 16.5. The molecule has 1 N–H and O–H groups in total. The fourth-order valence-corrected chi connectivity index (χ4v) is 4.01. The molecule has 1 fully saturated rings. The molecule has 0 spiro atoms. The number of ether oxygens (including phenoxy) is 3. The largest absolute Gasteiger partial charge is 0.493 e. The van der Waals surface area contributed by atoms with Crippen LogP contribution >= 0.6 is 0 Å². The summed E-state index contributed by atoms with van der Waals surface area (Å²) in [6.45, 7) is 9.19. The van der Waals surface area contributed by atoms with E-state index in [9.17, 15) is 0 Å². The Balaban J connectivity index is 1.99. The van der Waals surface area contributed by atoms with Crippen molar-refractivity contribution in [1.29, 1.82) is 0 Å². The topological polar surface area (TPSA) is 43.0 Å². The summed E-state index contributed by atoms with van der Waals surface area (Å²) in [6, 6.07) is 14.6. The zero-order chi connectivity index (χ0) is 20.6. The van der Waals surface area contributed by atoms with E-state index in [1.165, 1.54) is 5.56 Å². The van der Waals surface area contributed by atoms with Gasteiger partial charge in [0.2, 0.25) is 0 Å². The van der Waals surface area contributed by atoms with E-state index in [1.54, 1.807) is 14.2 Å². The minimum absolute atomic E-state index is 0.271. The summed E-state index contributed by atoms with van der Waals surface area (Å²) in [5.41, 5.74) is 2.32. The van der Waals surface area contributed by atoms with Gasteiger partial charge in [0, 0.05) is 43.9 Å². The Morgan fingerprint density at radius 2 is 1.62 bits per heavy atom. The molecule has 1 saturated heterocycles. The van der Waals surface area contributed by atoms with E-state index in [2.05, 4.69) is 42.3 Å². The second kappa shape index (κ2) is 10.5. The first kappa shape index (κ1) is 21.5. The molecule has 0 saturated carbocycles. The maximum atomic E-state index is 6.35. The van der Waals surface area contributed by atoms with Gasteiger partial charge in [0.15, 0.2) is 11.5 Å². The molecule has 2 aromatic rings. The van der Waals surface area contributed by atoms with Crippen LogP contribution in [0.4, 0.5) is 0 Å². The SMILES string of the molecule is CCC(C)[C@@H](c1cc(OC)c(OC)cc1OCc1ccccc1)N1CCNCC1. The lowest BCUT2D eigenvalue weighted by Crippen LogP contribution is -2.46. The molecule has 0 radical (unpaired) electrons. The van der Waals surface area contributed by atoms with Crippen LogP contribution in [-0.2, 0) is 6.61 Å². The van der Waals surface area contributed by atoms with E-state index >= 15 is 0 Å². The van der Waals surface area contributed by atoms with Crippen molar-refractivity contribution in [3.8, 4) is 17.2 Å². The Bertz CT molecular complexity index is 760. The van der Waals surface area contributed by atoms with Gasteiger partial charge in [0.1, 0.15) is 12.4 Å². The summed E-state index contributed by atoms with van der Waals surface area (Å²) in [4.78, 5) is 2.57. The number of nitrogens with one attached hydrogen (secondary N) is 1. The van der Waals surface area contributed by atoms with Crippen molar-refractivity contribution in [2.24, 2.45) is 5.92 Å². The molecule has 29 heavy (non-hydrogen) atoms. The van der Waals surface area contributed by atoms with Crippen LogP contribution in [0.5, 0.6) is 17.2 Å². The second-order valence-corrected chi connectivity index (χ2v) is 7.64. The Morgan fingerprint density at radius 1 is 0.966 bits per heavy atom. The first-order valence-electron chi connectivity index (χ1n) is 10.5. The number of benzene rings is 2. The second-order valence-electron chi connectivity index (χ2n) is 7.64. The number of piperazine rings is 1. The summed E-state index contributed by atoms with van der Waals surface area (Å²) >= 11 is 0. The average molecular weight is 399 g/mol. The molecule has 0 aliphatic carbocycles. The first-order chi connectivity index (χ1) is 14.2. The van der Waals surface area contributed by atoms with E-state index in [0.717, 1.165) is 49.7 Å². The van der Waals surface area contributed by atoms with Crippen LogP contribution in [0.25, 0.3) is 0 Å². The van der Waals surface area contributed by atoms with E-state index in [4.69, 9.17) is 14.2 Å². The lowest BCUT2D eigenvalue weighted by atomic mass is 9.89. The Hall–Kier alpha value is -2.24. The van der Waals surface area contributed by atoms with Crippen LogP contribution in [0, 0.1) is 5.92 Å². The van der Waals surface area contributed by atoms with Crippen LogP contribution in [0.15, 0.2) is 42.5 Å². The third kappa shape index (κ3) is 5.22. The number of methoxy groups -OCH3 is 2. The molecule has 2 aromatic carbocycles. The van der Waals surface area contributed by atoms with Crippen molar-refractivity contribution in [1.82, 2.24) is 10.2 Å². The van der Waals surface area contributed by atoms with Gasteiger partial charge in [-0.05, 0) is 17.5 Å². The predicted octanol–water partition coefficient (Wildman–Crippen LogP) is 4.28. The monoisotopic (exact) mass is 398 g/mol. The quantitative estimate of drug-likeness (QED) is 0.683. The van der Waals surface area contributed by atoms with Gasteiger partial charge >= 0.3 is 0 Å². The van der Waals surface area contributed by atoms with Crippen molar-refractivity contribution in [3.63, 3.8) is 0 Å². The fourth-order valence-electron chi connectivity index (χ4n) is 4.01. The number of hydrogen-bond acceptors (Lipinski definition) is 5. The van der Waals surface area contributed by atoms with E-state index in [0.29, 0.717) is 18.3 Å². The molecule has 5 heteroatoms. The maximum Gasteiger partial charge on any atom is 0.164 e. The fraction of sp³-hybridized carbons (Fsp3) is 0.500. The molecule has 5 nitrogen and oxygen atoms in total. The van der Waals surface area contributed by atoms with Gasteiger partial charge in [-0.2, -0.15) is 0 Å². The molecular weight excluding hydrogens is 364 g/mol. The average Bonchev–Trinajstić information content (AvgIpc) is 2.79. The van der Waals surface area contributed by atoms with Gasteiger partial charge in [-0.15, -0.1) is 0 Å². The van der Waals surface area contributed by atoms with Crippen LogP contribution in [0.2, 0.25) is 0 Å². The van der Waals surface area contributed by atoms with Crippen molar-refractivity contribution >= 4 is 0 Å². The van der Waals surface area contributed by atoms with E-state index < -0.39 is 0 Å². The normalized spacial score (nSPS) is 16.8. The predicted molar refractivity (Wildman–Crippen MR) is 117 cm³/mol. The van der Waals surface area contributed by atoms with Crippen LogP contribution in [0.1, 0.15) is 37.4 Å². The van der Waals surface area contributed by atoms with Gasteiger partial charge in [-0.25, -0.2) is 0 Å². The first-order valence-corrected chi connectivity index (χ1v) is 10.5. The zero-order valence-electron chi connectivity index (χ0n) is 18.1. The lowest BCUT2D eigenvalue weighted by Gasteiger charge is -2.39. The van der Waals surface area contributed by atoms with Gasteiger partial charge in [0.25, 0.3) is 0 Å². The molecule has 3 rings (SSSR count). The van der Waals surface area contributed by atoms with Gasteiger partial charge in [-0.3, -0.25) is 4.90 Å². The van der Waals surface area contributed by atoms with Gasteiger partial charge in [-0.1, -0.05) is 50.6 Å². The van der Waals surface area contributed by atoms with Gasteiger partial charge in [0.05, 0.1) is 14.2 Å². The molecule has 1 heterocycles. The Labute approximate surface area is 175 Å². The zero-order valence-corrected chi connectivity index (χ0v) is 18.1. The van der Waals surface area contributed by atoms with Crippen molar-refractivity contribution in [2.75, 3.05) is 40.4 Å². The van der Waals surface area contributed by atoms with Gasteiger partial charge < -0.3 is 19.5 Å². The highest BCUT2D eigenvalue weighted by Gasteiger charge is 2.30. The Morgan fingerprint density at radius 3 is 2.24 bits per heavy atom. The summed E-state index contributed by atoms with van der Waals surface area (Å²) < 4.78 is 17.6. The minimum atomic E-state index is 0.271. The minimum Gasteiger partial charge on any atom is -0.493 e. The highest BCUT2D eigenvalue weighted by molar-refractivity contribution is 5.52. The molecule has 1 aliphatic rings. The maximum absolute atomic E-state index is 6.35. The highest BCUT2D eigenvalue weighted by Crippen LogP contribution is 2.43. The number of rotatable bonds is 9. The smallest absolute Gasteiger partial charge is 0.164 e. The molecule has 158 valence electrons. The summed E-state index contributed by atoms with van der Waals surface area (Å²) in [5, 5.41) is 3.46. The van der Waals surface area contributed by atoms with E-state index in [1.807, 2.05) is 24.3 Å². The van der Waals surface area contributed by atoms with Crippen LogP contribution in [-0.4, -0.2) is 45.3 Å². The molecule has 1 unspecified atom stereocenters. The molecule has 2 atom stereocenters. The van der Waals surface area contributed by atoms with E-state index in [-0.39, 0.29) is 6.04 Å². The standard InChI is InChI=1S/C24H34N2O3/c1-5-18(2)24(26-13-11-25-12-14-26)20-15-22(27-3)23(28-4)16-21(20)29-17-19-9-7-6-8-10-19/h6-10,15-16,18,24-25H,5,11-14,17H2,1-4H3/t18?,24-/m0/s1. The lowest BCUT2D eigenvalue weighted by molar-refractivity contribution is 0.124. The van der Waals surface area contributed by atoms with Crippen molar-refractivity contribution in [2.45, 2.75) is 32.9 Å². The Kier molecular flexibility index (Phi) is 7.78. The summed E-state index contributed by atoms with van der Waals surface area (Å²) in [7, 11) is 3.36. The third-order valence-electron chi connectivity index (χ3n) is 5.80. The molecule has 0 aromatic heterocycles. The molecule has 0 bridgehead atoms. The molecular formula is C24H34N2O3. The third-order valence-corrected chi connectivity index (χ3v) is 5.80. The molecule has 1 aliphatic heterocycles. The van der Waals surface area contributed by atoms with Crippen molar-refractivity contribution in [3.05, 3.63) is 53.6 Å². The number of nitrogens with zero attached hydrogens (tertiary/aromatic N) is 1. The molecule has 0 amide bonds.